The van der Waals surface area contributed by atoms with Crippen molar-refractivity contribution in [3.63, 3.8) is 0 Å². The summed E-state index contributed by atoms with van der Waals surface area (Å²) < 4.78 is 14.6. The van der Waals surface area contributed by atoms with Gasteiger partial charge in [-0.15, -0.1) is 0 Å². The van der Waals surface area contributed by atoms with Crippen molar-refractivity contribution in [3.05, 3.63) is 47.7 Å². The Labute approximate surface area is 215 Å². The highest BCUT2D eigenvalue weighted by Gasteiger charge is 2.29. The van der Waals surface area contributed by atoms with Crippen molar-refractivity contribution in [3.8, 4) is 11.4 Å². The van der Waals surface area contributed by atoms with Crippen LogP contribution in [0.15, 0.2) is 30.6 Å². The van der Waals surface area contributed by atoms with Crippen LogP contribution in [0.25, 0.3) is 11.4 Å². The second kappa shape index (κ2) is 10.1. The number of fused-ring (bicyclic) bond motifs is 1. The second-order valence-corrected chi connectivity index (χ2v) is 10.4. The fourth-order valence-electron chi connectivity index (χ4n) is 5.78. The van der Waals surface area contributed by atoms with Gasteiger partial charge in [0.2, 0.25) is 5.95 Å². The first-order valence-electron chi connectivity index (χ1n) is 13.3. The number of carbonyl (C=O) groups excluding carboxylic acids is 1. The molecule has 37 heavy (non-hydrogen) atoms. The maximum absolute atomic E-state index is 14.6. The first kappa shape index (κ1) is 23.8. The molecule has 0 bridgehead atoms. The molecule has 9 nitrogen and oxygen atoms in total. The number of nitrogens with zero attached hydrogens (tertiary/aromatic N) is 5. The first-order valence-corrected chi connectivity index (χ1v) is 13.3. The van der Waals surface area contributed by atoms with Crippen LogP contribution in [0.2, 0.25) is 0 Å². The number of hydrogen-bond acceptors (Lipinski definition) is 7. The number of halogens is 1. The van der Waals surface area contributed by atoms with Crippen LogP contribution >= 0.6 is 0 Å². The number of pyridine rings is 1. The van der Waals surface area contributed by atoms with Gasteiger partial charge in [-0.1, -0.05) is 6.92 Å². The lowest BCUT2D eigenvalue weighted by Gasteiger charge is -2.42. The van der Waals surface area contributed by atoms with E-state index in [1.54, 1.807) is 6.07 Å². The molecule has 194 valence electrons. The smallest absolute Gasteiger partial charge is 0.253 e. The van der Waals surface area contributed by atoms with E-state index < -0.39 is 5.82 Å². The van der Waals surface area contributed by atoms with Gasteiger partial charge in [-0.2, -0.15) is 0 Å². The van der Waals surface area contributed by atoms with Gasteiger partial charge in [0.1, 0.15) is 11.5 Å². The van der Waals surface area contributed by atoms with Crippen LogP contribution in [0.1, 0.15) is 42.2 Å². The van der Waals surface area contributed by atoms with E-state index in [-0.39, 0.29) is 17.5 Å². The van der Waals surface area contributed by atoms with Crippen molar-refractivity contribution in [1.82, 2.24) is 30.2 Å². The van der Waals surface area contributed by atoms with E-state index in [0.717, 1.165) is 42.5 Å². The number of nitrogens with one attached hydrogen (secondary N) is 3. The molecular formula is C27H33FN8O. The number of carbonyl (C=O) groups is 1. The molecule has 3 N–H and O–H groups in total. The molecule has 2 saturated heterocycles. The lowest BCUT2D eigenvalue weighted by atomic mass is 9.83. The molecule has 0 radical (unpaired) electrons. The monoisotopic (exact) mass is 504 g/mol. The van der Waals surface area contributed by atoms with Crippen LogP contribution in [-0.4, -0.2) is 70.0 Å². The molecule has 10 heteroatoms. The van der Waals surface area contributed by atoms with Gasteiger partial charge in [0, 0.05) is 44.8 Å². The Bertz CT molecular complexity index is 1260. The highest BCUT2D eigenvalue weighted by atomic mass is 19.1. The van der Waals surface area contributed by atoms with Crippen molar-refractivity contribution in [2.45, 2.75) is 32.6 Å². The maximum atomic E-state index is 14.6. The van der Waals surface area contributed by atoms with E-state index in [0.29, 0.717) is 30.0 Å². The molecule has 3 aromatic rings. The van der Waals surface area contributed by atoms with Crippen LogP contribution in [0, 0.1) is 17.7 Å². The molecule has 3 aliphatic rings. The van der Waals surface area contributed by atoms with Gasteiger partial charge < -0.3 is 25.4 Å². The highest BCUT2D eigenvalue weighted by Crippen LogP contribution is 2.31. The van der Waals surface area contributed by atoms with E-state index in [1.807, 2.05) is 12.3 Å². The Hall–Kier alpha value is -3.53. The summed E-state index contributed by atoms with van der Waals surface area (Å²) in [4.78, 5) is 33.1. The molecule has 0 saturated carbocycles. The zero-order valence-electron chi connectivity index (χ0n) is 21.1. The molecule has 0 atom stereocenters. The molecule has 0 unspecified atom stereocenters. The van der Waals surface area contributed by atoms with Gasteiger partial charge >= 0.3 is 0 Å². The summed E-state index contributed by atoms with van der Waals surface area (Å²) in [7, 11) is 0. The predicted molar refractivity (Wildman–Crippen MR) is 140 cm³/mol. The Balaban J connectivity index is 1.07. The van der Waals surface area contributed by atoms with Crippen molar-refractivity contribution >= 4 is 23.4 Å². The number of piperidine rings is 1. The van der Waals surface area contributed by atoms with Crippen LogP contribution < -0.4 is 15.5 Å². The Morgan fingerprint density at radius 2 is 1.97 bits per heavy atom. The molecule has 3 aliphatic heterocycles. The lowest BCUT2D eigenvalue weighted by molar-refractivity contribution is 0.0837. The molecular weight excluding hydrogens is 471 g/mol. The second-order valence-electron chi connectivity index (χ2n) is 10.4. The number of aromatic nitrogens is 4. The minimum Gasteiger partial charge on any atom is -0.370 e. The zero-order chi connectivity index (χ0) is 25.4. The SMILES string of the molecule is CCN1CC(CC2CCN(c3ccc(Nc4ncc(F)c(-c5cc6c([nH]5)CCNC6=O)n4)nc3)CC2)C1. The standard InChI is InChI=1S/C27H33FN8O/c1-2-35-15-18(16-35)11-17-6-9-36(10-7-17)19-3-4-24(30-13-19)33-27-31-14-21(28)25(34-27)23-12-20-22(32-23)5-8-29-26(20)37/h3-4,12-14,17-18,32H,2,5-11,15-16H2,1H3,(H,29,37)(H,30,31,33,34). The van der Waals surface area contributed by atoms with Crippen LogP contribution in [0.4, 0.5) is 21.8 Å². The first-order chi connectivity index (χ1) is 18.1. The summed E-state index contributed by atoms with van der Waals surface area (Å²) in [5.74, 6) is 1.83. The highest BCUT2D eigenvalue weighted by molar-refractivity contribution is 5.97. The number of hydrogen-bond donors (Lipinski definition) is 3. The zero-order valence-corrected chi connectivity index (χ0v) is 21.1. The van der Waals surface area contributed by atoms with Crippen molar-refractivity contribution < 1.29 is 9.18 Å². The summed E-state index contributed by atoms with van der Waals surface area (Å²) in [5, 5.41) is 5.87. The Morgan fingerprint density at radius 1 is 1.14 bits per heavy atom. The minimum atomic E-state index is -0.559. The van der Waals surface area contributed by atoms with E-state index in [2.05, 4.69) is 53.4 Å². The average molecular weight is 505 g/mol. The number of rotatable bonds is 7. The van der Waals surface area contributed by atoms with Crippen LogP contribution in [-0.2, 0) is 6.42 Å². The summed E-state index contributed by atoms with van der Waals surface area (Å²) in [5.41, 5.74) is 3.00. The van der Waals surface area contributed by atoms with E-state index >= 15 is 0 Å². The number of amides is 1. The molecule has 1 amide bonds. The molecule has 0 spiro atoms. The number of anilines is 3. The summed E-state index contributed by atoms with van der Waals surface area (Å²) in [6.45, 7) is 8.65. The normalized spacial score (nSPS) is 18.9. The van der Waals surface area contributed by atoms with Crippen LogP contribution in [0.5, 0.6) is 0 Å². The van der Waals surface area contributed by atoms with Crippen LogP contribution in [0.3, 0.4) is 0 Å². The van der Waals surface area contributed by atoms with E-state index in [1.165, 1.54) is 38.9 Å². The number of H-pyrrole nitrogens is 1. The predicted octanol–water partition coefficient (Wildman–Crippen LogP) is 3.59. The lowest BCUT2D eigenvalue weighted by Crippen LogP contribution is -2.47. The largest absolute Gasteiger partial charge is 0.370 e. The van der Waals surface area contributed by atoms with Crippen molar-refractivity contribution in [2.24, 2.45) is 11.8 Å². The van der Waals surface area contributed by atoms with Gasteiger partial charge in [-0.3, -0.25) is 4.79 Å². The van der Waals surface area contributed by atoms with Crippen molar-refractivity contribution in [2.75, 3.05) is 49.5 Å². The fourth-order valence-corrected chi connectivity index (χ4v) is 5.78. The third-order valence-electron chi connectivity index (χ3n) is 7.92. The van der Waals surface area contributed by atoms with E-state index in [4.69, 9.17) is 0 Å². The van der Waals surface area contributed by atoms with Gasteiger partial charge in [0.25, 0.3) is 5.91 Å². The molecule has 3 aromatic heterocycles. The Kier molecular flexibility index (Phi) is 6.50. The molecule has 6 rings (SSSR count). The van der Waals surface area contributed by atoms with Crippen molar-refractivity contribution in [1.29, 1.82) is 0 Å². The number of aromatic amines is 1. The molecule has 0 aliphatic carbocycles. The van der Waals surface area contributed by atoms with Gasteiger partial charge in [0.05, 0.1) is 29.3 Å². The average Bonchev–Trinajstić information content (AvgIpc) is 3.33. The van der Waals surface area contributed by atoms with Gasteiger partial charge in [-0.05, 0) is 55.8 Å². The van der Waals surface area contributed by atoms with E-state index in [9.17, 15) is 9.18 Å². The minimum absolute atomic E-state index is 0.114. The molecule has 6 heterocycles. The Morgan fingerprint density at radius 3 is 2.70 bits per heavy atom. The number of likely N-dealkylation sites (tertiary alicyclic amines) is 1. The molecule has 2 fully saturated rings. The summed E-state index contributed by atoms with van der Waals surface area (Å²) >= 11 is 0. The molecule has 0 aromatic carbocycles. The summed E-state index contributed by atoms with van der Waals surface area (Å²) in [6.07, 6.45) is 7.51. The fraction of sp³-hybridized carbons (Fsp3) is 0.481. The summed E-state index contributed by atoms with van der Waals surface area (Å²) in [6, 6.07) is 5.60. The van der Waals surface area contributed by atoms with Gasteiger partial charge in [0.15, 0.2) is 5.82 Å². The maximum Gasteiger partial charge on any atom is 0.253 e. The quantitative estimate of drug-likeness (QED) is 0.452. The van der Waals surface area contributed by atoms with Gasteiger partial charge in [-0.25, -0.2) is 19.3 Å². The third-order valence-corrected chi connectivity index (χ3v) is 7.92. The third kappa shape index (κ3) is 5.02. The topological polar surface area (TPSA) is 102 Å².